The zero-order chi connectivity index (χ0) is 13.9. The summed E-state index contributed by atoms with van der Waals surface area (Å²) in [5.41, 5.74) is 0.827. The van der Waals surface area contributed by atoms with Crippen molar-refractivity contribution in [1.82, 2.24) is 19.4 Å². The fourth-order valence-corrected chi connectivity index (χ4v) is 2.71. The van der Waals surface area contributed by atoms with E-state index in [1.54, 1.807) is 17.5 Å². The van der Waals surface area contributed by atoms with Gasteiger partial charge in [-0.1, -0.05) is 0 Å². The molecule has 20 heavy (non-hydrogen) atoms. The van der Waals surface area contributed by atoms with Crippen molar-refractivity contribution >= 4 is 28.6 Å². The molecule has 104 valence electrons. The highest BCUT2D eigenvalue weighted by Gasteiger charge is 2.07. The number of hydrogen-bond acceptors (Lipinski definition) is 6. The Morgan fingerprint density at radius 2 is 2.20 bits per heavy atom. The molecule has 0 aliphatic carbocycles. The summed E-state index contributed by atoms with van der Waals surface area (Å²) in [7, 11) is 0. The second kappa shape index (κ2) is 5.46. The van der Waals surface area contributed by atoms with Crippen LogP contribution in [0.3, 0.4) is 0 Å². The zero-order valence-corrected chi connectivity index (χ0v) is 12.2. The van der Waals surface area contributed by atoms with Crippen LogP contribution in [0.15, 0.2) is 24.8 Å². The Labute approximate surface area is 120 Å². The predicted octanol–water partition coefficient (Wildman–Crippen LogP) is 2.54. The number of aromatic nitrogens is 4. The van der Waals surface area contributed by atoms with Gasteiger partial charge in [-0.3, -0.25) is 0 Å². The minimum absolute atomic E-state index is 0.705. The van der Waals surface area contributed by atoms with Crippen molar-refractivity contribution in [1.29, 1.82) is 0 Å². The average Bonchev–Trinajstić information content (AvgIpc) is 3.05. The van der Waals surface area contributed by atoms with Crippen LogP contribution in [0.25, 0.3) is 5.65 Å². The first kappa shape index (κ1) is 12.9. The Morgan fingerprint density at radius 3 is 2.95 bits per heavy atom. The third kappa shape index (κ3) is 2.57. The molecule has 0 fully saturated rings. The van der Waals surface area contributed by atoms with Gasteiger partial charge in [-0.05, 0) is 13.8 Å². The van der Waals surface area contributed by atoms with Crippen LogP contribution in [0.4, 0.5) is 11.6 Å². The maximum atomic E-state index is 4.56. The van der Waals surface area contributed by atoms with E-state index < -0.39 is 0 Å². The molecule has 7 heteroatoms. The van der Waals surface area contributed by atoms with Gasteiger partial charge in [0.05, 0.1) is 17.7 Å². The number of anilines is 2. The van der Waals surface area contributed by atoms with Gasteiger partial charge in [0.2, 0.25) is 0 Å². The molecule has 3 heterocycles. The van der Waals surface area contributed by atoms with Crippen molar-refractivity contribution in [3.05, 3.63) is 34.7 Å². The van der Waals surface area contributed by atoms with E-state index >= 15 is 0 Å². The number of nitrogens with one attached hydrogen (secondary N) is 2. The van der Waals surface area contributed by atoms with E-state index in [2.05, 4.69) is 25.6 Å². The summed E-state index contributed by atoms with van der Waals surface area (Å²) in [5.74, 6) is 1.61. The summed E-state index contributed by atoms with van der Waals surface area (Å²) in [4.78, 5) is 14.3. The summed E-state index contributed by atoms with van der Waals surface area (Å²) in [6.07, 6.45) is 7.52. The molecule has 0 bridgehead atoms. The van der Waals surface area contributed by atoms with Crippen LogP contribution in [0.1, 0.15) is 16.8 Å². The van der Waals surface area contributed by atoms with Gasteiger partial charge in [0.15, 0.2) is 11.5 Å². The fraction of sp³-hybridized carbons (Fsp3) is 0.308. The normalized spacial score (nSPS) is 10.9. The third-order valence-electron chi connectivity index (χ3n) is 2.83. The molecule has 3 aromatic heterocycles. The molecule has 0 atom stereocenters. The SMILES string of the molecule is CCNc1cn2ccnc2c(NCc2cnc(C)s2)n1. The Morgan fingerprint density at radius 1 is 1.30 bits per heavy atom. The van der Waals surface area contributed by atoms with E-state index in [4.69, 9.17) is 0 Å². The largest absolute Gasteiger partial charge is 0.369 e. The molecule has 0 aromatic carbocycles. The maximum absolute atomic E-state index is 4.56. The average molecular weight is 288 g/mol. The van der Waals surface area contributed by atoms with Crippen LogP contribution in [-0.4, -0.2) is 25.9 Å². The first-order valence-electron chi connectivity index (χ1n) is 6.49. The summed E-state index contributed by atoms with van der Waals surface area (Å²) < 4.78 is 1.96. The molecule has 0 amide bonds. The summed E-state index contributed by atoms with van der Waals surface area (Å²) >= 11 is 1.68. The molecule has 0 spiro atoms. The smallest absolute Gasteiger partial charge is 0.180 e. The first-order valence-corrected chi connectivity index (χ1v) is 7.30. The van der Waals surface area contributed by atoms with Gasteiger partial charge < -0.3 is 15.0 Å². The van der Waals surface area contributed by atoms with Gasteiger partial charge in [-0.25, -0.2) is 15.0 Å². The minimum atomic E-state index is 0.705. The van der Waals surface area contributed by atoms with Crippen molar-refractivity contribution in [2.45, 2.75) is 20.4 Å². The zero-order valence-electron chi connectivity index (χ0n) is 11.4. The lowest BCUT2D eigenvalue weighted by Gasteiger charge is -2.09. The number of hydrogen-bond donors (Lipinski definition) is 2. The molecule has 0 unspecified atom stereocenters. The summed E-state index contributed by atoms with van der Waals surface area (Å²) in [5, 5.41) is 7.63. The summed E-state index contributed by atoms with van der Waals surface area (Å²) in [6, 6.07) is 0. The van der Waals surface area contributed by atoms with Crippen molar-refractivity contribution in [2.75, 3.05) is 17.2 Å². The van der Waals surface area contributed by atoms with Gasteiger partial charge in [0.1, 0.15) is 5.82 Å². The molecular formula is C13H16N6S. The van der Waals surface area contributed by atoms with Crippen molar-refractivity contribution in [3.8, 4) is 0 Å². The lowest BCUT2D eigenvalue weighted by molar-refractivity contribution is 1.06. The maximum Gasteiger partial charge on any atom is 0.180 e. The quantitative estimate of drug-likeness (QED) is 0.755. The van der Waals surface area contributed by atoms with E-state index in [0.717, 1.165) is 28.8 Å². The molecule has 0 aliphatic heterocycles. The third-order valence-corrected chi connectivity index (χ3v) is 3.74. The topological polar surface area (TPSA) is 67.1 Å². The Hall–Kier alpha value is -2.15. The van der Waals surface area contributed by atoms with Gasteiger partial charge in [0, 0.05) is 30.0 Å². The molecule has 0 saturated heterocycles. The number of imidazole rings is 1. The standard InChI is InChI=1S/C13H16N6S/c1-3-14-11-8-19-5-4-15-13(19)12(18-11)17-7-10-6-16-9(2)20-10/h4-6,8,14H,3,7H2,1-2H3,(H,17,18). The van der Waals surface area contributed by atoms with Crippen molar-refractivity contribution in [3.63, 3.8) is 0 Å². The molecule has 3 rings (SSSR count). The monoisotopic (exact) mass is 288 g/mol. The molecule has 3 aromatic rings. The van der Waals surface area contributed by atoms with Crippen LogP contribution in [0.5, 0.6) is 0 Å². The molecule has 2 N–H and O–H groups in total. The number of aryl methyl sites for hydroxylation is 1. The lowest BCUT2D eigenvalue weighted by atomic mass is 10.5. The van der Waals surface area contributed by atoms with Crippen LogP contribution in [0.2, 0.25) is 0 Å². The van der Waals surface area contributed by atoms with Crippen LogP contribution >= 0.6 is 11.3 Å². The van der Waals surface area contributed by atoms with E-state index in [0.29, 0.717) is 6.54 Å². The first-order chi connectivity index (χ1) is 9.76. The van der Waals surface area contributed by atoms with Gasteiger partial charge in [-0.2, -0.15) is 0 Å². The van der Waals surface area contributed by atoms with E-state index in [1.165, 1.54) is 4.88 Å². The molecule has 0 saturated carbocycles. The van der Waals surface area contributed by atoms with Crippen LogP contribution in [0, 0.1) is 6.92 Å². The number of fused-ring (bicyclic) bond motifs is 1. The Kier molecular flexibility index (Phi) is 3.51. The van der Waals surface area contributed by atoms with Gasteiger partial charge in [0.25, 0.3) is 0 Å². The lowest BCUT2D eigenvalue weighted by Crippen LogP contribution is -2.07. The summed E-state index contributed by atoms with van der Waals surface area (Å²) in [6.45, 7) is 5.59. The highest BCUT2D eigenvalue weighted by molar-refractivity contribution is 7.11. The van der Waals surface area contributed by atoms with E-state index in [-0.39, 0.29) is 0 Å². The van der Waals surface area contributed by atoms with Gasteiger partial charge in [-0.15, -0.1) is 11.3 Å². The van der Waals surface area contributed by atoms with E-state index in [9.17, 15) is 0 Å². The molecule has 0 radical (unpaired) electrons. The minimum Gasteiger partial charge on any atom is -0.369 e. The van der Waals surface area contributed by atoms with Gasteiger partial charge >= 0.3 is 0 Å². The molecular weight excluding hydrogens is 272 g/mol. The fourth-order valence-electron chi connectivity index (χ4n) is 1.97. The van der Waals surface area contributed by atoms with E-state index in [1.807, 2.05) is 36.8 Å². The van der Waals surface area contributed by atoms with Crippen molar-refractivity contribution < 1.29 is 0 Å². The highest BCUT2D eigenvalue weighted by Crippen LogP contribution is 2.18. The number of rotatable bonds is 5. The molecule has 6 nitrogen and oxygen atoms in total. The van der Waals surface area contributed by atoms with Crippen molar-refractivity contribution in [2.24, 2.45) is 0 Å². The van der Waals surface area contributed by atoms with Crippen LogP contribution < -0.4 is 10.6 Å². The molecule has 0 aliphatic rings. The Balaban J connectivity index is 1.87. The highest BCUT2D eigenvalue weighted by atomic mass is 32.1. The number of thiazole rings is 1. The predicted molar refractivity (Wildman–Crippen MR) is 81.3 cm³/mol. The van der Waals surface area contributed by atoms with Crippen LogP contribution in [-0.2, 0) is 6.54 Å². The second-order valence-corrected chi connectivity index (χ2v) is 5.68. The number of nitrogens with zero attached hydrogens (tertiary/aromatic N) is 4. The second-order valence-electron chi connectivity index (χ2n) is 4.36. The Bertz CT molecular complexity index is 717.